The first-order chi connectivity index (χ1) is 7.84. The van der Waals surface area contributed by atoms with Crippen LogP contribution in [0.3, 0.4) is 0 Å². The Bertz CT molecular complexity index is 402. The Morgan fingerprint density at radius 1 is 0.875 bits per heavy atom. The summed E-state index contributed by atoms with van der Waals surface area (Å²) < 4.78 is 12.2. The standard InChI is InChI=1S/C13H16O3/c14-12-8-4-3-5-7-6(4)9(12)11(7)13(10(5)8)15-1-2-16-13/h4-12,14H,1-3H2/t4-,5-,6+,7+,8+,9+,10-,11+,12+/m0/s1. The minimum absolute atomic E-state index is 0.0211. The number of hydrogen-bond donors (Lipinski definition) is 1. The van der Waals surface area contributed by atoms with Crippen LogP contribution in [0.25, 0.3) is 0 Å². The number of aliphatic hydroxyl groups excluding tert-OH is 1. The second-order valence-corrected chi connectivity index (χ2v) is 6.83. The number of aliphatic hydroxyl groups is 1. The van der Waals surface area contributed by atoms with E-state index in [2.05, 4.69) is 0 Å². The summed E-state index contributed by atoms with van der Waals surface area (Å²) in [6.45, 7) is 1.55. The van der Waals surface area contributed by atoms with Crippen molar-refractivity contribution in [3.05, 3.63) is 0 Å². The van der Waals surface area contributed by atoms with Gasteiger partial charge in [0.05, 0.1) is 19.3 Å². The first-order valence-electron chi connectivity index (χ1n) is 6.80. The highest BCUT2D eigenvalue weighted by atomic mass is 16.7. The summed E-state index contributed by atoms with van der Waals surface area (Å²) in [7, 11) is 0. The van der Waals surface area contributed by atoms with Crippen LogP contribution in [-0.2, 0) is 9.47 Å². The first kappa shape index (κ1) is 8.06. The van der Waals surface area contributed by atoms with Crippen molar-refractivity contribution in [1.82, 2.24) is 0 Å². The molecule has 1 aliphatic heterocycles. The Morgan fingerprint density at radius 2 is 1.69 bits per heavy atom. The van der Waals surface area contributed by atoms with Crippen LogP contribution in [0.15, 0.2) is 0 Å². The molecule has 9 atom stereocenters. The third-order valence-corrected chi connectivity index (χ3v) is 7.08. The fraction of sp³-hybridized carbons (Fsp3) is 1.00. The zero-order valence-corrected chi connectivity index (χ0v) is 9.08. The van der Waals surface area contributed by atoms with Crippen molar-refractivity contribution in [3.8, 4) is 0 Å². The van der Waals surface area contributed by atoms with E-state index in [1.54, 1.807) is 0 Å². The summed E-state index contributed by atoms with van der Waals surface area (Å²) in [6, 6.07) is 0. The van der Waals surface area contributed by atoms with Gasteiger partial charge in [-0.1, -0.05) is 0 Å². The van der Waals surface area contributed by atoms with E-state index in [9.17, 15) is 5.11 Å². The van der Waals surface area contributed by atoms with E-state index < -0.39 is 0 Å². The van der Waals surface area contributed by atoms with Gasteiger partial charge in [0.1, 0.15) is 0 Å². The lowest BCUT2D eigenvalue weighted by molar-refractivity contribution is -0.277. The molecule has 0 aromatic heterocycles. The number of fused-ring (bicyclic) bond motifs is 4. The predicted molar refractivity (Wildman–Crippen MR) is 53.2 cm³/mol. The predicted octanol–water partition coefficient (Wildman–Crippen LogP) is 0.478. The van der Waals surface area contributed by atoms with E-state index in [1.165, 1.54) is 6.42 Å². The molecule has 6 fully saturated rings. The Balaban J connectivity index is 1.64. The van der Waals surface area contributed by atoms with Crippen molar-refractivity contribution in [1.29, 1.82) is 0 Å². The molecule has 1 spiro atoms. The third-order valence-electron chi connectivity index (χ3n) is 7.08. The summed E-state index contributed by atoms with van der Waals surface area (Å²) in [6.07, 6.45) is 1.34. The summed E-state index contributed by atoms with van der Waals surface area (Å²) in [5, 5.41) is 10.4. The van der Waals surface area contributed by atoms with Gasteiger partial charge in [-0.25, -0.2) is 0 Å². The number of ether oxygens (including phenoxy) is 2. The molecular formula is C13H16O3. The lowest BCUT2D eigenvalue weighted by Gasteiger charge is -2.52. The van der Waals surface area contributed by atoms with Gasteiger partial charge in [0.15, 0.2) is 5.79 Å². The minimum atomic E-state index is -0.231. The number of rotatable bonds is 0. The maximum Gasteiger partial charge on any atom is 0.175 e. The third kappa shape index (κ3) is 0.485. The largest absolute Gasteiger partial charge is 0.393 e. The van der Waals surface area contributed by atoms with E-state index in [0.29, 0.717) is 23.7 Å². The SMILES string of the molecule is O[C@H]1[C@@H]2[C@@H]3[C@@H]4C[C@H]5[C@H]3[C@H]2C2(OCCO2)[C@@H]5[C@H]14. The molecule has 5 saturated carbocycles. The molecule has 6 rings (SSSR count). The molecule has 3 nitrogen and oxygen atoms in total. The van der Waals surface area contributed by atoms with Gasteiger partial charge >= 0.3 is 0 Å². The highest BCUT2D eigenvalue weighted by Gasteiger charge is 2.89. The highest BCUT2D eigenvalue weighted by molar-refractivity contribution is 5.33. The number of hydrogen-bond acceptors (Lipinski definition) is 3. The van der Waals surface area contributed by atoms with Crippen molar-refractivity contribution < 1.29 is 14.6 Å². The second-order valence-electron chi connectivity index (χ2n) is 6.83. The van der Waals surface area contributed by atoms with E-state index in [0.717, 1.165) is 36.9 Å². The Hall–Kier alpha value is -0.120. The molecule has 0 radical (unpaired) electrons. The first-order valence-corrected chi connectivity index (χ1v) is 6.80. The van der Waals surface area contributed by atoms with Crippen molar-refractivity contribution in [2.45, 2.75) is 18.3 Å². The van der Waals surface area contributed by atoms with Crippen LogP contribution >= 0.6 is 0 Å². The summed E-state index contributed by atoms with van der Waals surface area (Å²) in [5.74, 6) is 5.26. The normalized spacial score (nSPS) is 74.4. The molecule has 3 heteroatoms. The second kappa shape index (κ2) is 2.00. The van der Waals surface area contributed by atoms with Gasteiger partial charge in [0.2, 0.25) is 0 Å². The van der Waals surface area contributed by atoms with Crippen LogP contribution in [0.4, 0.5) is 0 Å². The van der Waals surface area contributed by atoms with Crippen LogP contribution < -0.4 is 0 Å². The Morgan fingerprint density at radius 3 is 2.50 bits per heavy atom. The van der Waals surface area contributed by atoms with Gasteiger partial charge in [-0.05, 0) is 41.9 Å². The Kier molecular flexibility index (Phi) is 1.01. The molecule has 0 amide bonds. The maximum absolute atomic E-state index is 10.4. The molecule has 0 aromatic carbocycles. The van der Waals surface area contributed by atoms with Gasteiger partial charge < -0.3 is 14.6 Å². The molecule has 1 saturated heterocycles. The average molecular weight is 220 g/mol. The van der Waals surface area contributed by atoms with Crippen molar-refractivity contribution in [2.75, 3.05) is 13.2 Å². The van der Waals surface area contributed by atoms with Crippen LogP contribution in [0, 0.1) is 47.3 Å². The summed E-state index contributed by atoms with van der Waals surface area (Å²) >= 11 is 0. The van der Waals surface area contributed by atoms with Gasteiger partial charge in [-0.2, -0.15) is 0 Å². The van der Waals surface area contributed by atoms with Gasteiger partial charge in [-0.3, -0.25) is 0 Å². The highest BCUT2D eigenvalue weighted by Crippen LogP contribution is 2.86. The molecule has 1 heterocycles. The van der Waals surface area contributed by atoms with Crippen LogP contribution in [0.1, 0.15) is 6.42 Å². The van der Waals surface area contributed by atoms with E-state index in [1.807, 2.05) is 0 Å². The van der Waals surface area contributed by atoms with E-state index in [4.69, 9.17) is 9.47 Å². The van der Waals surface area contributed by atoms with Gasteiger partial charge in [0, 0.05) is 11.8 Å². The molecule has 16 heavy (non-hydrogen) atoms. The average Bonchev–Trinajstić information content (AvgIpc) is 2.87. The van der Waals surface area contributed by atoms with Crippen molar-refractivity contribution in [2.24, 2.45) is 47.3 Å². The maximum atomic E-state index is 10.4. The fourth-order valence-electron chi connectivity index (χ4n) is 7.27. The lowest BCUT2D eigenvalue weighted by Crippen LogP contribution is -2.59. The van der Waals surface area contributed by atoms with Crippen LogP contribution in [-0.4, -0.2) is 30.2 Å². The quantitative estimate of drug-likeness (QED) is 0.645. The summed E-state index contributed by atoms with van der Waals surface area (Å²) in [4.78, 5) is 0. The smallest absolute Gasteiger partial charge is 0.175 e. The van der Waals surface area contributed by atoms with E-state index in [-0.39, 0.29) is 11.9 Å². The molecule has 5 aliphatic carbocycles. The van der Waals surface area contributed by atoms with Gasteiger partial charge in [-0.15, -0.1) is 0 Å². The molecule has 0 unspecified atom stereocenters. The van der Waals surface area contributed by atoms with Crippen LogP contribution in [0.5, 0.6) is 0 Å². The van der Waals surface area contributed by atoms with Crippen molar-refractivity contribution >= 4 is 0 Å². The zero-order valence-electron chi connectivity index (χ0n) is 9.08. The van der Waals surface area contributed by atoms with Crippen LogP contribution in [0.2, 0.25) is 0 Å². The van der Waals surface area contributed by atoms with E-state index >= 15 is 0 Å². The Labute approximate surface area is 94.1 Å². The topological polar surface area (TPSA) is 38.7 Å². The minimum Gasteiger partial charge on any atom is -0.393 e. The monoisotopic (exact) mass is 220 g/mol. The molecular weight excluding hydrogens is 204 g/mol. The molecule has 2 bridgehead atoms. The molecule has 6 aliphatic rings. The summed E-state index contributed by atoms with van der Waals surface area (Å²) in [5.41, 5.74) is 0. The fourth-order valence-corrected chi connectivity index (χ4v) is 7.27. The molecule has 1 N–H and O–H groups in total. The molecule has 0 aromatic rings. The lowest BCUT2D eigenvalue weighted by atomic mass is 9.57. The zero-order chi connectivity index (χ0) is 10.2. The molecule has 86 valence electrons. The van der Waals surface area contributed by atoms with Crippen molar-refractivity contribution in [3.63, 3.8) is 0 Å². The van der Waals surface area contributed by atoms with Gasteiger partial charge in [0.25, 0.3) is 0 Å².